The van der Waals surface area contributed by atoms with E-state index in [0.29, 0.717) is 43.7 Å². The Labute approximate surface area is 322 Å². The largest absolute Gasteiger partial charge is 0.416 e. The molecule has 0 aliphatic carbocycles. The highest BCUT2D eigenvalue weighted by Gasteiger charge is 2.45. The lowest BCUT2D eigenvalue weighted by Gasteiger charge is -2.33. The smallest absolute Gasteiger partial charge is 0.354 e. The Morgan fingerprint density at radius 3 is 1.14 bits per heavy atom. The molecular formula is C44H26F6N4O4. The Balaban J connectivity index is 1.20. The maximum absolute atomic E-state index is 14.9. The quantitative estimate of drug-likeness (QED) is 0.129. The maximum Gasteiger partial charge on any atom is 0.416 e. The summed E-state index contributed by atoms with van der Waals surface area (Å²) in [5.41, 5.74) is 1.25. The lowest BCUT2D eigenvalue weighted by Crippen LogP contribution is -2.44. The lowest BCUT2D eigenvalue weighted by molar-refractivity contribution is -0.138. The van der Waals surface area contributed by atoms with Crippen LogP contribution in [0.2, 0.25) is 0 Å². The number of imide groups is 2. The molecule has 8 nitrogen and oxygen atoms in total. The van der Waals surface area contributed by atoms with Gasteiger partial charge in [-0.2, -0.15) is 26.3 Å². The first-order valence-corrected chi connectivity index (χ1v) is 18.2. The van der Waals surface area contributed by atoms with Gasteiger partial charge in [0.1, 0.15) is 0 Å². The summed E-state index contributed by atoms with van der Waals surface area (Å²) in [4.78, 5) is 68.1. The molecule has 0 saturated heterocycles. The second-order valence-corrected chi connectivity index (χ2v) is 14.5. The summed E-state index contributed by atoms with van der Waals surface area (Å²) < 4.78 is 79.8. The third kappa shape index (κ3) is 5.10. The van der Waals surface area contributed by atoms with Crippen molar-refractivity contribution in [3.05, 3.63) is 142 Å². The highest BCUT2D eigenvalue weighted by atomic mass is 19.4. The van der Waals surface area contributed by atoms with Gasteiger partial charge in [-0.05, 0) is 60.4 Å². The van der Waals surface area contributed by atoms with E-state index in [4.69, 9.17) is 0 Å². The van der Waals surface area contributed by atoms with Gasteiger partial charge in [-0.3, -0.25) is 29.0 Å². The number of aromatic nitrogens is 2. The molecule has 58 heavy (non-hydrogen) atoms. The van der Waals surface area contributed by atoms with Gasteiger partial charge in [0, 0.05) is 56.4 Å². The van der Waals surface area contributed by atoms with E-state index in [1.165, 1.54) is 24.3 Å². The van der Waals surface area contributed by atoms with E-state index in [2.05, 4.69) is 9.97 Å². The van der Waals surface area contributed by atoms with Crippen LogP contribution in [-0.2, 0) is 25.2 Å². The van der Waals surface area contributed by atoms with Crippen LogP contribution in [0.1, 0.15) is 63.7 Å². The highest BCUT2D eigenvalue weighted by Crippen LogP contribution is 2.49. The number of nitrogens with one attached hydrogen (secondary N) is 2. The Morgan fingerprint density at radius 1 is 0.431 bits per heavy atom. The van der Waals surface area contributed by atoms with Crippen LogP contribution in [-0.4, -0.2) is 56.5 Å². The molecule has 0 atom stereocenters. The molecule has 4 heterocycles. The minimum absolute atomic E-state index is 0.0436. The number of aromatic amines is 2. The van der Waals surface area contributed by atoms with E-state index in [-0.39, 0.29) is 70.0 Å². The number of H-pyrrole nitrogens is 2. The van der Waals surface area contributed by atoms with Crippen LogP contribution in [0.15, 0.2) is 97.1 Å². The fourth-order valence-corrected chi connectivity index (χ4v) is 8.62. The predicted molar refractivity (Wildman–Crippen MR) is 204 cm³/mol. The van der Waals surface area contributed by atoms with Gasteiger partial charge in [0.05, 0.1) is 44.4 Å². The van der Waals surface area contributed by atoms with Crippen molar-refractivity contribution in [2.45, 2.75) is 25.2 Å². The molecular weight excluding hydrogens is 762 g/mol. The number of hydrogen-bond donors (Lipinski definition) is 2. The standard InChI is InChI=1S/C44H26F6N4O4/c45-43(46,47)23-13-9-21(10-14-23)17-19-53-39(55)33-29-25-5-1-3-7-27(25)51-37(29)35-32-31(33)36(42(53)58)38-30(26-6-2-4-8-28(26)52-38)34(32)40(56)54(41(35)57)20-18-22-11-15-24(16-12-22)44(48,49)50/h1-16,51-52H,17-20H2. The van der Waals surface area contributed by atoms with Crippen molar-refractivity contribution in [3.63, 3.8) is 0 Å². The van der Waals surface area contributed by atoms with E-state index >= 15 is 0 Å². The Morgan fingerprint density at radius 2 is 0.776 bits per heavy atom. The van der Waals surface area contributed by atoms with Gasteiger partial charge < -0.3 is 9.97 Å². The zero-order chi connectivity index (χ0) is 40.4. The van der Waals surface area contributed by atoms with Crippen molar-refractivity contribution >= 4 is 78.0 Å². The Bertz CT molecular complexity index is 2910. The fourth-order valence-electron chi connectivity index (χ4n) is 8.62. The van der Waals surface area contributed by atoms with E-state index < -0.39 is 47.1 Å². The fraction of sp³-hybridized carbons (Fsp3) is 0.136. The number of para-hydroxylation sites is 2. The number of carbonyl (C=O) groups is 4. The molecule has 6 aromatic carbocycles. The summed E-state index contributed by atoms with van der Waals surface area (Å²) in [6.45, 7) is -0.372. The van der Waals surface area contributed by atoms with Crippen LogP contribution in [0, 0.1) is 0 Å². The van der Waals surface area contributed by atoms with E-state index in [0.717, 1.165) is 34.1 Å². The van der Waals surface area contributed by atoms with Gasteiger partial charge in [0.2, 0.25) is 0 Å². The van der Waals surface area contributed by atoms with E-state index in [1.54, 1.807) is 48.5 Å². The molecule has 14 heteroatoms. The second-order valence-electron chi connectivity index (χ2n) is 14.5. The predicted octanol–water partition coefficient (Wildman–Crippen LogP) is 9.82. The van der Waals surface area contributed by atoms with Gasteiger partial charge in [0.15, 0.2) is 0 Å². The van der Waals surface area contributed by atoms with Gasteiger partial charge >= 0.3 is 12.4 Å². The Kier molecular flexibility index (Phi) is 7.50. The number of fused-ring (bicyclic) bond motifs is 10. The van der Waals surface area contributed by atoms with Crippen molar-refractivity contribution in [1.29, 1.82) is 0 Å². The Hall–Kier alpha value is -6.96. The van der Waals surface area contributed by atoms with Crippen molar-refractivity contribution in [2.75, 3.05) is 13.1 Å². The monoisotopic (exact) mass is 788 g/mol. The second kappa shape index (κ2) is 12.3. The van der Waals surface area contributed by atoms with Gasteiger partial charge in [-0.25, -0.2) is 0 Å². The maximum atomic E-state index is 14.9. The number of rotatable bonds is 6. The van der Waals surface area contributed by atoms with Gasteiger partial charge in [-0.15, -0.1) is 0 Å². The summed E-state index contributed by atoms with van der Waals surface area (Å²) in [5.74, 6) is -2.81. The summed E-state index contributed by atoms with van der Waals surface area (Å²) in [5, 5.41) is 2.10. The number of amides is 4. The number of halogens is 6. The SMILES string of the molecule is O=C1c2c3[nH]c4ccccc4c3c3c4c(c5[nH]c6ccccc6c5c(c24)C(=O)N1CCc1ccc(C(F)(F)F)cc1)C(=O)N(CCc1ccc(C(F)(F)F)cc1)C3=O. The molecule has 4 amide bonds. The normalized spacial score (nSPS) is 14.7. The van der Waals surface area contributed by atoms with Crippen LogP contribution in [0.25, 0.3) is 54.4 Å². The number of alkyl halides is 6. The molecule has 2 N–H and O–H groups in total. The van der Waals surface area contributed by atoms with Crippen molar-refractivity contribution < 1.29 is 45.5 Å². The molecule has 288 valence electrons. The number of nitrogens with zero attached hydrogens (tertiary/aromatic N) is 2. The first-order valence-electron chi connectivity index (χ1n) is 18.2. The van der Waals surface area contributed by atoms with E-state index in [1.807, 2.05) is 0 Å². The lowest BCUT2D eigenvalue weighted by atomic mass is 9.81. The molecule has 8 aromatic rings. The van der Waals surface area contributed by atoms with Crippen molar-refractivity contribution in [2.24, 2.45) is 0 Å². The van der Waals surface area contributed by atoms with Crippen LogP contribution < -0.4 is 0 Å². The third-order valence-electron chi connectivity index (χ3n) is 11.3. The summed E-state index contributed by atoms with van der Waals surface area (Å²) in [6.07, 6.45) is -8.99. The zero-order valence-corrected chi connectivity index (χ0v) is 29.9. The molecule has 0 bridgehead atoms. The van der Waals surface area contributed by atoms with Crippen molar-refractivity contribution in [1.82, 2.24) is 19.8 Å². The molecule has 10 rings (SSSR count). The topological polar surface area (TPSA) is 106 Å². The van der Waals surface area contributed by atoms with Crippen LogP contribution >= 0.6 is 0 Å². The summed E-state index contributed by atoms with van der Waals surface area (Å²) in [7, 11) is 0. The molecule has 0 spiro atoms. The summed E-state index contributed by atoms with van der Waals surface area (Å²) in [6, 6.07) is 23.1. The number of hydrogen-bond acceptors (Lipinski definition) is 4. The molecule has 2 aromatic heterocycles. The first kappa shape index (κ1) is 35.5. The molecule has 2 aliphatic heterocycles. The molecule has 0 unspecified atom stereocenters. The minimum Gasteiger partial charge on any atom is -0.354 e. The third-order valence-corrected chi connectivity index (χ3v) is 11.3. The number of carbonyl (C=O) groups excluding carboxylic acids is 4. The van der Waals surface area contributed by atoms with Gasteiger partial charge in [-0.1, -0.05) is 60.7 Å². The molecule has 0 saturated carbocycles. The van der Waals surface area contributed by atoms with Crippen molar-refractivity contribution in [3.8, 4) is 0 Å². The van der Waals surface area contributed by atoms with Crippen LogP contribution in [0.5, 0.6) is 0 Å². The highest BCUT2D eigenvalue weighted by molar-refractivity contribution is 6.45. The van der Waals surface area contributed by atoms with Crippen LogP contribution in [0.4, 0.5) is 26.3 Å². The average Bonchev–Trinajstić information content (AvgIpc) is 3.77. The average molecular weight is 789 g/mol. The molecule has 0 fully saturated rings. The van der Waals surface area contributed by atoms with E-state index in [9.17, 15) is 45.5 Å². The van der Waals surface area contributed by atoms with Crippen LogP contribution in [0.3, 0.4) is 0 Å². The number of benzene rings is 6. The zero-order valence-electron chi connectivity index (χ0n) is 29.9. The molecule has 0 radical (unpaired) electrons. The van der Waals surface area contributed by atoms with Gasteiger partial charge in [0.25, 0.3) is 23.6 Å². The summed E-state index contributed by atoms with van der Waals surface area (Å²) >= 11 is 0. The minimum atomic E-state index is -4.54. The first-order chi connectivity index (χ1) is 27.7. The molecule has 2 aliphatic rings.